The second-order valence-corrected chi connectivity index (χ2v) is 6.87. The molecule has 0 saturated heterocycles. The summed E-state index contributed by atoms with van der Waals surface area (Å²) in [5.74, 6) is 1.71. The number of alkyl halides is 1. The zero-order chi connectivity index (χ0) is 16.7. The smallest absolute Gasteiger partial charge is 0.320 e. The van der Waals surface area contributed by atoms with Crippen molar-refractivity contribution >= 4 is 21.9 Å². The molecule has 3 nitrogen and oxygen atoms in total. The van der Waals surface area contributed by atoms with Crippen molar-refractivity contribution in [1.29, 1.82) is 0 Å². The Morgan fingerprint density at radius 2 is 1.74 bits per heavy atom. The van der Waals surface area contributed by atoms with Gasteiger partial charge in [0, 0.05) is 0 Å². The molecule has 0 amide bonds. The summed E-state index contributed by atoms with van der Waals surface area (Å²) in [6.07, 6.45) is 0.760. The average molecular weight is 377 g/mol. The van der Waals surface area contributed by atoms with Gasteiger partial charge in [-0.2, -0.15) is 0 Å². The Morgan fingerprint density at radius 3 is 2.43 bits per heavy atom. The van der Waals surface area contributed by atoms with Crippen LogP contribution in [0.1, 0.15) is 25.8 Å². The van der Waals surface area contributed by atoms with Crippen LogP contribution in [0.15, 0.2) is 54.6 Å². The number of ether oxygens (including phenoxy) is 2. The Morgan fingerprint density at radius 1 is 1.04 bits per heavy atom. The van der Waals surface area contributed by atoms with Gasteiger partial charge in [-0.1, -0.05) is 60.1 Å². The minimum atomic E-state index is -0.258. The summed E-state index contributed by atoms with van der Waals surface area (Å²) in [7, 11) is 0. The van der Waals surface area contributed by atoms with Gasteiger partial charge in [-0.05, 0) is 42.2 Å². The molecule has 0 fully saturated rings. The second kappa shape index (κ2) is 8.73. The van der Waals surface area contributed by atoms with Gasteiger partial charge in [-0.15, -0.1) is 0 Å². The van der Waals surface area contributed by atoms with Gasteiger partial charge in [0.2, 0.25) is 0 Å². The molecule has 23 heavy (non-hydrogen) atoms. The second-order valence-electron chi connectivity index (χ2n) is 5.77. The Balaban J connectivity index is 1.91. The molecule has 0 saturated carbocycles. The van der Waals surface area contributed by atoms with Gasteiger partial charge in [0.15, 0.2) is 0 Å². The summed E-state index contributed by atoms with van der Waals surface area (Å²) >= 11 is 3.38. The van der Waals surface area contributed by atoms with Crippen LogP contribution in [0.2, 0.25) is 0 Å². The van der Waals surface area contributed by atoms with Crippen LogP contribution in [0.25, 0.3) is 0 Å². The van der Waals surface area contributed by atoms with Crippen LogP contribution in [0, 0.1) is 5.92 Å². The van der Waals surface area contributed by atoms with E-state index in [1.807, 2.05) is 54.6 Å². The van der Waals surface area contributed by atoms with Crippen molar-refractivity contribution in [3.63, 3.8) is 0 Å². The first-order chi connectivity index (χ1) is 11.0. The van der Waals surface area contributed by atoms with E-state index in [1.165, 1.54) is 0 Å². The monoisotopic (exact) mass is 376 g/mol. The SMILES string of the molecule is CC(C)CC(Br)C(=O)OCc1cccc(Oc2ccccc2)c1. The van der Waals surface area contributed by atoms with E-state index < -0.39 is 0 Å². The summed E-state index contributed by atoms with van der Waals surface area (Å²) in [6, 6.07) is 17.1. The standard InChI is InChI=1S/C19H21BrO3/c1-14(2)11-18(20)19(21)22-13-15-7-6-10-17(12-15)23-16-8-4-3-5-9-16/h3-10,12,14,18H,11,13H2,1-2H3. The molecule has 122 valence electrons. The fourth-order valence-corrected chi connectivity index (χ4v) is 2.96. The lowest BCUT2D eigenvalue weighted by Crippen LogP contribution is -2.19. The quantitative estimate of drug-likeness (QED) is 0.483. The lowest BCUT2D eigenvalue weighted by atomic mass is 10.1. The fourth-order valence-electron chi connectivity index (χ4n) is 2.08. The van der Waals surface area contributed by atoms with Crippen molar-refractivity contribution in [3.05, 3.63) is 60.2 Å². The first-order valence-electron chi connectivity index (χ1n) is 7.67. The molecule has 0 aliphatic carbocycles. The maximum atomic E-state index is 11.9. The zero-order valence-corrected chi connectivity index (χ0v) is 15.0. The normalized spacial score (nSPS) is 12.0. The predicted octanol–water partition coefficient (Wildman–Crippen LogP) is 5.33. The van der Waals surface area contributed by atoms with Crippen molar-refractivity contribution in [1.82, 2.24) is 0 Å². The number of esters is 1. The lowest BCUT2D eigenvalue weighted by Gasteiger charge is -2.12. The Bertz CT molecular complexity index is 626. The number of hydrogen-bond acceptors (Lipinski definition) is 3. The largest absolute Gasteiger partial charge is 0.460 e. The number of hydrogen-bond donors (Lipinski definition) is 0. The Kier molecular flexibility index (Phi) is 6.66. The van der Waals surface area contributed by atoms with E-state index in [0.717, 1.165) is 23.5 Å². The third kappa shape index (κ3) is 6.06. The zero-order valence-electron chi connectivity index (χ0n) is 13.4. The number of halogens is 1. The Labute approximate surface area is 145 Å². The number of rotatable bonds is 7. The van der Waals surface area contributed by atoms with Gasteiger partial charge in [0.05, 0.1) is 0 Å². The van der Waals surface area contributed by atoms with Gasteiger partial charge in [0.1, 0.15) is 22.9 Å². The highest BCUT2D eigenvalue weighted by Gasteiger charge is 2.17. The van der Waals surface area contributed by atoms with E-state index in [1.54, 1.807) is 0 Å². The van der Waals surface area contributed by atoms with Crippen LogP contribution in [0.5, 0.6) is 11.5 Å². The van der Waals surface area contributed by atoms with Gasteiger partial charge in [0.25, 0.3) is 0 Å². The first kappa shape index (κ1) is 17.5. The number of para-hydroxylation sites is 1. The van der Waals surface area contributed by atoms with Crippen LogP contribution in [0.3, 0.4) is 0 Å². The van der Waals surface area contributed by atoms with Gasteiger partial charge >= 0.3 is 5.97 Å². The van der Waals surface area contributed by atoms with Crippen molar-refractivity contribution < 1.29 is 14.3 Å². The fraction of sp³-hybridized carbons (Fsp3) is 0.316. The molecule has 0 N–H and O–H groups in total. The highest BCUT2D eigenvalue weighted by atomic mass is 79.9. The topological polar surface area (TPSA) is 35.5 Å². The van der Waals surface area contributed by atoms with E-state index in [9.17, 15) is 4.79 Å². The molecule has 2 rings (SSSR count). The molecular weight excluding hydrogens is 356 g/mol. The summed E-state index contributed by atoms with van der Waals surface area (Å²) in [5.41, 5.74) is 0.899. The van der Waals surface area contributed by atoms with Crippen molar-refractivity contribution in [3.8, 4) is 11.5 Å². The van der Waals surface area contributed by atoms with Crippen molar-refractivity contribution in [2.45, 2.75) is 31.7 Å². The molecule has 0 heterocycles. The van der Waals surface area contributed by atoms with Crippen molar-refractivity contribution in [2.24, 2.45) is 5.92 Å². The highest BCUT2D eigenvalue weighted by Crippen LogP contribution is 2.22. The minimum absolute atomic E-state index is 0.229. The molecule has 0 aromatic heterocycles. The third-order valence-corrected chi connectivity index (χ3v) is 3.94. The number of carbonyl (C=O) groups excluding carboxylic acids is 1. The van der Waals surface area contributed by atoms with Crippen LogP contribution in [-0.4, -0.2) is 10.8 Å². The molecule has 0 bridgehead atoms. The predicted molar refractivity (Wildman–Crippen MR) is 94.9 cm³/mol. The molecule has 0 aliphatic rings. The maximum absolute atomic E-state index is 11.9. The summed E-state index contributed by atoms with van der Waals surface area (Å²) in [5, 5.41) is 0. The summed E-state index contributed by atoms with van der Waals surface area (Å²) in [6.45, 7) is 4.39. The Hall–Kier alpha value is -1.81. The molecule has 1 unspecified atom stereocenters. The van der Waals surface area contributed by atoms with E-state index in [0.29, 0.717) is 5.92 Å². The molecule has 0 spiro atoms. The molecule has 2 aromatic rings. The van der Waals surface area contributed by atoms with Crippen LogP contribution in [0.4, 0.5) is 0 Å². The summed E-state index contributed by atoms with van der Waals surface area (Å²) < 4.78 is 11.1. The lowest BCUT2D eigenvalue weighted by molar-refractivity contribution is -0.144. The van der Waals surface area contributed by atoms with Crippen LogP contribution in [-0.2, 0) is 16.1 Å². The van der Waals surface area contributed by atoms with Gasteiger partial charge in [-0.25, -0.2) is 0 Å². The third-order valence-electron chi connectivity index (χ3n) is 3.19. The van der Waals surface area contributed by atoms with E-state index in [-0.39, 0.29) is 17.4 Å². The van der Waals surface area contributed by atoms with E-state index in [2.05, 4.69) is 29.8 Å². The maximum Gasteiger partial charge on any atom is 0.320 e. The molecule has 1 atom stereocenters. The molecule has 4 heteroatoms. The number of carbonyl (C=O) groups is 1. The minimum Gasteiger partial charge on any atom is -0.460 e. The van der Waals surface area contributed by atoms with Crippen LogP contribution < -0.4 is 4.74 Å². The van der Waals surface area contributed by atoms with Gasteiger partial charge in [-0.3, -0.25) is 4.79 Å². The first-order valence-corrected chi connectivity index (χ1v) is 8.58. The van der Waals surface area contributed by atoms with E-state index in [4.69, 9.17) is 9.47 Å². The molecule has 0 aliphatic heterocycles. The van der Waals surface area contributed by atoms with E-state index >= 15 is 0 Å². The van der Waals surface area contributed by atoms with Crippen LogP contribution >= 0.6 is 15.9 Å². The molecular formula is C19H21BrO3. The average Bonchev–Trinajstić information content (AvgIpc) is 2.53. The number of benzene rings is 2. The molecule has 0 radical (unpaired) electrons. The highest BCUT2D eigenvalue weighted by molar-refractivity contribution is 9.10. The summed E-state index contributed by atoms with van der Waals surface area (Å²) in [4.78, 5) is 11.7. The van der Waals surface area contributed by atoms with Gasteiger partial charge < -0.3 is 9.47 Å². The molecule has 2 aromatic carbocycles. The van der Waals surface area contributed by atoms with Crippen molar-refractivity contribution in [2.75, 3.05) is 0 Å².